The van der Waals surface area contributed by atoms with Crippen molar-refractivity contribution in [1.29, 1.82) is 5.26 Å². The molecule has 0 aliphatic carbocycles. The number of rotatable bonds is 2. The van der Waals surface area contributed by atoms with Gasteiger partial charge in [0.15, 0.2) is 5.69 Å². The van der Waals surface area contributed by atoms with E-state index >= 15 is 0 Å². The maximum absolute atomic E-state index is 11.6. The van der Waals surface area contributed by atoms with Crippen LogP contribution < -0.4 is 0 Å². The Labute approximate surface area is 111 Å². The molecule has 0 aromatic carbocycles. The Morgan fingerprint density at radius 2 is 2.41 bits per heavy atom. The Balaban J connectivity index is 2.57. The van der Waals surface area contributed by atoms with Crippen LogP contribution in [-0.4, -0.2) is 22.0 Å². The van der Waals surface area contributed by atoms with Crippen LogP contribution in [0.1, 0.15) is 23.0 Å². The van der Waals surface area contributed by atoms with Crippen LogP contribution in [0.4, 0.5) is 0 Å². The van der Waals surface area contributed by atoms with Crippen molar-refractivity contribution in [3.05, 3.63) is 33.3 Å². The number of hydrogen-bond donors (Lipinski definition) is 0. The predicted molar refractivity (Wildman–Crippen MR) is 68.6 cm³/mol. The summed E-state index contributed by atoms with van der Waals surface area (Å²) in [5.74, 6) is -0.445. The molecule has 0 amide bonds. The van der Waals surface area contributed by atoms with Crippen LogP contribution in [0.25, 0.3) is 5.65 Å². The molecule has 0 N–H and O–H groups in total. The molecule has 17 heavy (non-hydrogen) atoms. The fourth-order valence-corrected chi connectivity index (χ4v) is 2.14. The van der Waals surface area contributed by atoms with Gasteiger partial charge in [0, 0.05) is 6.20 Å². The van der Waals surface area contributed by atoms with Crippen molar-refractivity contribution in [2.75, 3.05) is 6.61 Å². The minimum atomic E-state index is -0.445. The first-order chi connectivity index (χ1) is 8.17. The molecule has 2 heterocycles. The molecule has 6 heteroatoms. The standard InChI is InChI=1S/C11H8IN3O2/c1-2-17-11(16)9-10(12)15-6-7(5-13)3-4-8(15)14-9/h3-4,6H,2H2,1H3. The van der Waals surface area contributed by atoms with E-state index in [1.807, 2.05) is 28.7 Å². The van der Waals surface area contributed by atoms with E-state index in [4.69, 9.17) is 10.00 Å². The van der Waals surface area contributed by atoms with E-state index in [1.54, 1.807) is 29.7 Å². The largest absolute Gasteiger partial charge is 0.461 e. The fraction of sp³-hybridized carbons (Fsp3) is 0.182. The molecule has 0 bridgehead atoms. The fourth-order valence-electron chi connectivity index (χ4n) is 1.41. The number of ether oxygens (including phenoxy) is 1. The third kappa shape index (κ3) is 2.10. The molecule has 0 radical (unpaired) electrons. The van der Waals surface area contributed by atoms with Gasteiger partial charge in [0.2, 0.25) is 0 Å². The van der Waals surface area contributed by atoms with Crippen LogP contribution in [0.2, 0.25) is 0 Å². The van der Waals surface area contributed by atoms with Crippen molar-refractivity contribution in [3.63, 3.8) is 0 Å². The summed E-state index contributed by atoms with van der Waals surface area (Å²) < 4.78 is 7.26. The Morgan fingerprint density at radius 1 is 1.65 bits per heavy atom. The van der Waals surface area contributed by atoms with Gasteiger partial charge in [-0.25, -0.2) is 9.78 Å². The SMILES string of the molecule is CCOC(=O)c1nc2ccc(C#N)cn2c1I. The second-order valence-corrected chi connectivity index (χ2v) is 4.25. The molecule has 0 saturated carbocycles. The van der Waals surface area contributed by atoms with Crippen LogP contribution in [0.5, 0.6) is 0 Å². The van der Waals surface area contributed by atoms with Crippen molar-refractivity contribution in [3.8, 4) is 6.07 Å². The van der Waals surface area contributed by atoms with E-state index in [0.29, 0.717) is 21.5 Å². The normalized spacial score (nSPS) is 10.2. The predicted octanol–water partition coefficient (Wildman–Crippen LogP) is 1.99. The Bertz CT molecular complexity index is 627. The number of esters is 1. The molecule has 5 nitrogen and oxygen atoms in total. The van der Waals surface area contributed by atoms with Crippen molar-refractivity contribution in [2.45, 2.75) is 6.92 Å². The first kappa shape index (κ1) is 11.9. The van der Waals surface area contributed by atoms with E-state index < -0.39 is 5.97 Å². The molecule has 86 valence electrons. The maximum atomic E-state index is 11.6. The van der Waals surface area contributed by atoms with Gasteiger partial charge >= 0.3 is 5.97 Å². The van der Waals surface area contributed by atoms with Gasteiger partial charge in [-0.2, -0.15) is 5.26 Å². The highest BCUT2D eigenvalue weighted by atomic mass is 127. The summed E-state index contributed by atoms with van der Waals surface area (Å²) in [5.41, 5.74) is 1.42. The quantitative estimate of drug-likeness (QED) is 0.619. The summed E-state index contributed by atoms with van der Waals surface area (Å²) in [6.07, 6.45) is 1.65. The lowest BCUT2D eigenvalue weighted by Crippen LogP contribution is -2.07. The van der Waals surface area contributed by atoms with Gasteiger partial charge in [-0.05, 0) is 41.6 Å². The lowest BCUT2D eigenvalue weighted by molar-refractivity contribution is 0.0519. The van der Waals surface area contributed by atoms with Gasteiger partial charge in [0.1, 0.15) is 15.4 Å². The van der Waals surface area contributed by atoms with Gasteiger partial charge < -0.3 is 4.74 Å². The van der Waals surface area contributed by atoms with Gasteiger partial charge in [0.25, 0.3) is 0 Å². The van der Waals surface area contributed by atoms with Gasteiger partial charge in [-0.15, -0.1) is 0 Å². The van der Waals surface area contributed by atoms with Crippen molar-refractivity contribution in [2.24, 2.45) is 0 Å². The molecule has 0 spiro atoms. The van der Waals surface area contributed by atoms with Gasteiger partial charge in [0.05, 0.1) is 12.2 Å². The summed E-state index contributed by atoms with van der Waals surface area (Å²) in [6, 6.07) is 5.40. The number of hydrogen-bond acceptors (Lipinski definition) is 4. The van der Waals surface area contributed by atoms with Gasteiger partial charge in [-0.1, -0.05) is 0 Å². The van der Waals surface area contributed by atoms with Crippen LogP contribution in [0.15, 0.2) is 18.3 Å². The lowest BCUT2D eigenvalue weighted by Gasteiger charge is -1.98. The maximum Gasteiger partial charge on any atom is 0.359 e. The smallest absolute Gasteiger partial charge is 0.359 e. The number of carbonyl (C=O) groups is 1. The minimum absolute atomic E-state index is 0.280. The summed E-state index contributed by atoms with van der Waals surface area (Å²) in [4.78, 5) is 15.8. The Hall–Kier alpha value is -1.62. The molecular weight excluding hydrogens is 333 g/mol. The summed E-state index contributed by atoms with van der Waals surface area (Å²) >= 11 is 2.01. The monoisotopic (exact) mass is 341 g/mol. The first-order valence-electron chi connectivity index (χ1n) is 4.92. The number of aromatic nitrogens is 2. The molecule has 0 aliphatic heterocycles. The number of nitriles is 1. The van der Waals surface area contributed by atoms with Crippen LogP contribution in [-0.2, 0) is 4.74 Å². The average molecular weight is 341 g/mol. The van der Waals surface area contributed by atoms with Crippen molar-refractivity contribution in [1.82, 2.24) is 9.38 Å². The van der Waals surface area contributed by atoms with E-state index in [-0.39, 0.29) is 5.69 Å². The topological polar surface area (TPSA) is 67.4 Å². The lowest BCUT2D eigenvalue weighted by atomic mass is 10.3. The van der Waals surface area contributed by atoms with E-state index in [2.05, 4.69) is 4.98 Å². The van der Waals surface area contributed by atoms with Gasteiger partial charge in [-0.3, -0.25) is 4.40 Å². The third-order valence-corrected chi connectivity index (χ3v) is 3.19. The van der Waals surface area contributed by atoms with Crippen LogP contribution in [0.3, 0.4) is 0 Å². The molecule has 2 aromatic rings. The highest BCUT2D eigenvalue weighted by Gasteiger charge is 2.18. The van der Waals surface area contributed by atoms with Crippen molar-refractivity contribution < 1.29 is 9.53 Å². The summed E-state index contributed by atoms with van der Waals surface area (Å²) in [5, 5.41) is 8.81. The number of fused-ring (bicyclic) bond motifs is 1. The summed E-state index contributed by atoms with van der Waals surface area (Å²) in [6.45, 7) is 2.06. The number of carbonyl (C=O) groups excluding carboxylic acids is 1. The summed E-state index contributed by atoms with van der Waals surface area (Å²) in [7, 11) is 0. The number of nitrogens with zero attached hydrogens (tertiary/aromatic N) is 3. The molecule has 0 fully saturated rings. The number of imidazole rings is 1. The van der Waals surface area contributed by atoms with Crippen molar-refractivity contribution >= 4 is 34.2 Å². The van der Waals surface area contributed by atoms with Crippen LogP contribution >= 0.6 is 22.6 Å². The molecular formula is C11H8IN3O2. The highest BCUT2D eigenvalue weighted by molar-refractivity contribution is 14.1. The average Bonchev–Trinajstić information content (AvgIpc) is 2.67. The molecule has 0 saturated heterocycles. The Morgan fingerprint density at radius 3 is 3.06 bits per heavy atom. The second-order valence-electron chi connectivity index (χ2n) is 3.23. The molecule has 0 aliphatic rings. The van der Waals surface area contributed by atoms with E-state index in [9.17, 15) is 4.79 Å². The zero-order valence-electron chi connectivity index (χ0n) is 8.98. The number of pyridine rings is 1. The molecule has 2 aromatic heterocycles. The third-order valence-electron chi connectivity index (χ3n) is 2.16. The first-order valence-corrected chi connectivity index (χ1v) is 6.00. The molecule has 2 rings (SSSR count). The second kappa shape index (κ2) is 4.71. The zero-order chi connectivity index (χ0) is 12.4. The Kier molecular flexibility index (Phi) is 3.28. The van der Waals surface area contributed by atoms with E-state index in [0.717, 1.165) is 0 Å². The highest BCUT2D eigenvalue weighted by Crippen LogP contribution is 2.17. The zero-order valence-corrected chi connectivity index (χ0v) is 11.1. The molecule has 0 unspecified atom stereocenters. The van der Waals surface area contributed by atoms with E-state index in [1.165, 1.54) is 0 Å². The molecule has 0 atom stereocenters. The minimum Gasteiger partial charge on any atom is -0.461 e. The number of halogens is 1. The van der Waals surface area contributed by atoms with Crippen LogP contribution in [0, 0.1) is 15.0 Å².